The number of halogens is 2. The fraction of sp³-hybridized carbons (Fsp3) is 0.647. The van der Waals surface area contributed by atoms with Gasteiger partial charge >= 0.3 is 0 Å². The number of benzene rings is 1. The first-order chi connectivity index (χ1) is 9.58. The van der Waals surface area contributed by atoms with E-state index in [0.29, 0.717) is 17.7 Å². The highest BCUT2D eigenvalue weighted by molar-refractivity contribution is 5.85. The number of hydrogen-bond acceptors (Lipinski definition) is 3. The highest BCUT2D eigenvalue weighted by Crippen LogP contribution is 2.33. The summed E-state index contributed by atoms with van der Waals surface area (Å²) in [5.41, 5.74) is 2.22. The smallest absolute Gasteiger partial charge is 0.120 e. The molecule has 2 rings (SSSR count). The van der Waals surface area contributed by atoms with Gasteiger partial charge in [0.05, 0.1) is 0 Å². The van der Waals surface area contributed by atoms with Crippen molar-refractivity contribution in [2.75, 3.05) is 26.2 Å². The zero-order valence-electron chi connectivity index (χ0n) is 13.8. The molecule has 0 amide bonds. The SMILES string of the molecule is Cc1ccc([C@@H](CCC(C)C)N2CCNCC2)c(O)c1.Cl.Cl. The van der Waals surface area contributed by atoms with Crippen LogP contribution in [0.4, 0.5) is 0 Å². The van der Waals surface area contributed by atoms with Crippen molar-refractivity contribution in [2.45, 2.75) is 39.7 Å². The van der Waals surface area contributed by atoms with Crippen molar-refractivity contribution in [2.24, 2.45) is 5.92 Å². The third kappa shape index (κ3) is 5.96. The van der Waals surface area contributed by atoms with Crippen molar-refractivity contribution in [1.82, 2.24) is 10.2 Å². The summed E-state index contributed by atoms with van der Waals surface area (Å²) in [5.74, 6) is 1.16. The molecule has 1 saturated heterocycles. The minimum Gasteiger partial charge on any atom is -0.508 e. The maximum absolute atomic E-state index is 10.3. The van der Waals surface area contributed by atoms with E-state index in [4.69, 9.17) is 0 Å². The van der Waals surface area contributed by atoms with Crippen molar-refractivity contribution < 1.29 is 5.11 Å². The van der Waals surface area contributed by atoms with Gasteiger partial charge in [0.2, 0.25) is 0 Å². The molecule has 0 bridgehead atoms. The van der Waals surface area contributed by atoms with Crippen molar-refractivity contribution in [3.63, 3.8) is 0 Å². The van der Waals surface area contributed by atoms with Crippen molar-refractivity contribution in [3.05, 3.63) is 29.3 Å². The van der Waals surface area contributed by atoms with Crippen LogP contribution in [0.5, 0.6) is 5.75 Å². The normalized spacial score (nSPS) is 16.7. The van der Waals surface area contributed by atoms with E-state index in [1.165, 1.54) is 6.42 Å². The number of phenolic OH excluding ortho intramolecular Hbond substituents is 1. The van der Waals surface area contributed by atoms with E-state index >= 15 is 0 Å². The monoisotopic (exact) mass is 348 g/mol. The Kier molecular flexibility index (Phi) is 10.1. The van der Waals surface area contributed by atoms with E-state index < -0.39 is 0 Å². The number of rotatable bonds is 5. The van der Waals surface area contributed by atoms with Crippen LogP contribution >= 0.6 is 24.8 Å². The Morgan fingerprint density at radius 1 is 1.14 bits per heavy atom. The number of piperazine rings is 1. The van der Waals surface area contributed by atoms with Gasteiger partial charge in [-0.15, -0.1) is 24.8 Å². The van der Waals surface area contributed by atoms with Gasteiger partial charge in [-0.3, -0.25) is 4.90 Å². The predicted octanol–water partition coefficient (Wildman–Crippen LogP) is 3.93. The Labute approximate surface area is 147 Å². The molecule has 0 unspecified atom stereocenters. The Morgan fingerprint density at radius 3 is 2.32 bits per heavy atom. The summed E-state index contributed by atoms with van der Waals surface area (Å²) in [5, 5.41) is 13.7. The average molecular weight is 349 g/mol. The summed E-state index contributed by atoms with van der Waals surface area (Å²) in [7, 11) is 0. The van der Waals surface area contributed by atoms with E-state index in [-0.39, 0.29) is 24.8 Å². The number of aromatic hydroxyl groups is 1. The maximum atomic E-state index is 10.3. The lowest BCUT2D eigenvalue weighted by atomic mass is 9.94. The fourth-order valence-corrected chi connectivity index (χ4v) is 2.96. The van der Waals surface area contributed by atoms with Gasteiger partial charge in [0, 0.05) is 37.8 Å². The third-order valence-corrected chi connectivity index (χ3v) is 4.15. The van der Waals surface area contributed by atoms with Crippen LogP contribution in [0.2, 0.25) is 0 Å². The second kappa shape index (κ2) is 10.3. The minimum atomic E-state index is 0. The highest BCUT2D eigenvalue weighted by Gasteiger charge is 2.24. The van der Waals surface area contributed by atoms with E-state index in [0.717, 1.165) is 43.7 Å². The second-order valence-corrected chi connectivity index (χ2v) is 6.34. The highest BCUT2D eigenvalue weighted by atomic mass is 35.5. The molecule has 1 aliphatic rings. The van der Waals surface area contributed by atoms with Crippen LogP contribution in [0.25, 0.3) is 0 Å². The lowest BCUT2D eigenvalue weighted by Gasteiger charge is -2.36. The van der Waals surface area contributed by atoms with Crippen LogP contribution in [0, 0.1) is 12.8 Å². The molecule has 0 saturated carbocycles. The van der Waals surface area contributed by atoms with Gasteiger partial charge in [0.15, 0.2) is 0 Å². The Bertz CT molecular complexity index is 435. The molecule has 5 heteroatoms. The van der Waals surface area contributed by atoms with Gasteiger partial charge in [-0.05, 0) is 37.3 Å². The average Bonchev–Trinajstić information content (AvgIpc) is 2.42. The molecule has 0 spiro atoms. The van der Waals surface area contributed by atoms with Crippen LogP contribution in [-0.4, -0.2) is 36.2 Å². The molecule has 3 nitrogen and oxygen atoms in total. The van der Waals surface area contributed by atoms with Crippen molar-refractivity contribution in [3.8, 4) is 5.75 Å². The molecule has 1 aromatic rings. The Hall–Kier alpha value is -0.480. The molecule has 128 valence electrons. The molecule has 2 N–H and O–H groups in total. The Balaban J connectivity index is 0.00000220. The number of aryl methyl sites for hydroxylation is 1. The molecule has 1 aromatic carbocycles. The first-order valence-electron chi connectivity index (χ1n) is 7.82. The molecule has 0 aliphatic carbocycles. The van der Waals surface area contributed by atoms with Gasteiger partial charge in [-0.25, -0.2) is 0 Å². The summed E-state index contributed by atoms with van der Waals surface area (Å²) < 4.78 is 0. The number of nitrogens with zero attached hydrogens (tertiary/aromatic N) is 1. The van der Waals surface area contributed by atoms with Crippen LogP contribution in [0.15, 0.2) is 18.2 Å². The fourth-order valence-electron chi connectivity index (χ4n) is 2.96. The van der Waals surface area contributed by atoms with E-state index in [2.05, 4.69) is 36.2 Å². The van der Waals surface area contributed by atoms with E-state index in [9.17, 15) is 5.11 Å². The topological polar surface area (TPSA) is 35.5 Å². The second-order valence-electron chi connectivity index (χ2n) is 6.34. The first-order valence-corrected chi connectivity index (χ1v) is 7.82. The lowest BCUT2D eigenvalue weighted by molar-refractivity contribution is 0.157. The van der Waals surface area contributed by atoms with Crippen LogP contribution < -0.4 is 5.32 Å². The van der Waals surface area contributed by atoms with Crippen LogP contribution in [0.3, 0.4) is 0 Å². The zero-order chi connectivity index (χ0) is 14.5. The van der Waals surface area contributed by atoms with E-state index in [1.54, 1.807) is 0 Å². The van der Waals surface area contributed by atoms with Crippen LogP contribution in [-0.2, 0) is 0 Å². The summed E-state index contributed by atoms with van der Waals surface area (Å²) >= 11 is 0. The van der Waals surface area contributed by atoms with Gasteiger partial charge in [0.1, 0.15) is 5.75 Å². The van der Waals surface area contributed by atoms with Gasteiger partial charge in [-0.1, -0.05) is 26.0 Å². The lowest BCUT2D eigenvalue weighted by Crippen LogP contribution is -2.45. The van der Waals surface area contributed by atoms with Crippen LogP contribution in [0.1, 0.15) is 43.9 Å². The molecule has 1 aliphatic heterocycles. The molecule has 22 heavy (non-hydrogen) atoms. The predicted molar refractivity (Wildman–Crippen MR) is 98.6 cm³/mol. The maximum Gasteiger partial charge on any atom is 0.120 e. The van der Waals surface area contributed by atoms with Crippen molar-refractivity contribution in [1.29, 1.82) is 0 Å². The minimum absolute atomic E-state index is 0. The molecule has 1 fully saturated rings. The molecule has 1 heterocycles. The van der Waals surface area contributed by atoms with Gasteiger partial charge < -0.3 is 10.4 Å². The van der Waals surface area contributed by atoms with Gasteiger partial charge in [0.25, 0.3) is 0 Å². The third-order valence-electron chi connectivity index (χ3n) is 4.15. The largest absolute Gasteiger partial charge is 0.508 e. The molecular formula is C17H30Cl2N2O. The molecule has 0 radical (unpaired) electrons. The van der Waals surface area contributed by atoms with Gasteiger partial charge in [-0.2, -0.15) is 0 Å². The summed E-state index contributed by atoms with van der Waals surface area (Å²) in [6.45, 7) is 10.8. The first kappa shape index (κ1) is 21.5. The molecule has 1 atom stereocenters. The molecular weight excluding hydrogens is 319 g/mol. The molecule has 0 aromatic heterocycles. The quantitative estimate of drug-likeness (QED) is 0.846. The number of phenols is 1. The van der Waals surface area contributed by atoms with E-state index in [1.807, 2.05) is 13.0 Å². The summed E-state index contributed by atoms with van der Waals surface area (Å²) in [4.78, 5) is 2.52. The van der Waals surface area contributed by atoms with Crippen molar-refractivity contribution >= 4 is 24.8 Å². The number of hydrogen-bond donors (Lipinski definition) is 2. The zero-order valence-corrected chi connectivity index (χ0v) is 15.5. The Morgan fingerprint density at radius 2 is 1.77 bits per heavy atom. The standard InChI is InChI=1S/C17H28N2O.2ClH/c1-13(2)4-7-16(19-10-8-18-9-11-19)15-6-5-14(3)12-17(15)20;;/h5-6,12-13,16,18,20H,4,7-11H2,1-3H3;2*1H/t16-;;/m1../s1. The number of nitrogens with one attached hydrogen (secondary N) is 1. The summed E-state index contributed by atoms with van der Waals surface area (Å²) in [6, 6.07) is 6.46. The summed E-state index contributed by atoms with van der Waals surface area (Å²) in [6.07, 6.45) is 2.32.